The van der Waals surface area contributed by atoms with Gasteiger partial charge in [0.25, 0.3) is 11.8 Å². The molecule has 0 spiro atoms. The monoisotopic (exact) mass is 343 g/mol. The molecule has 134 valence electrons. The summed E-state index contributed by atoms with van der Waals surface area (Å²) in [4.78, 5) is 40.0. The quantitative estimate of drug-likeness (QED) is 0.628. The number of fused-ring (bicyclic) bond motifs is 1. The highest BCUT2D eigenvalue weighted by Gasteiger charge is 2.36. The number of nitrogens with one attached hydrogen (secondary N) is 1. The zero-order valence-corrected chi connectivity index (χ0v) is 14.7. The van der Waals surface area contributed by atoms with E-state index < -0.39 is 11.8 Å². The number of carbonyl (C=O) groups is 3. The van der Waals surface area contributed by atoms with Crippen LogP contribution in [0.3, 0.4) is 0 Å². The molecule has 0 radical (unpaired) electrons. The van der Waals surface area contributed by atoms with Crippen LogP contribution in [0.2, 0.25) is 0 Å². The Morgan fingerprint density at radius 1 is 1.20 bits per heavy atom. The van der Waals surface area contributed by atoms with E-state index in [0.29, 0.717) is 17.7 Å². The van der Waals surface area contributed by atoms with Gasteiger partial charge < -0.3 is 10.2 Å². The molecule has 6 nitrogen and oxygen atoms in total. The molecule has 2 heterocycles. The summed E-state index contributed by atoms with van der Waals surface area (Å²) in [5.74, 6) is -0.324. The van der Waals surface area contributed by atoms with Crippen LogP contribution in [0.1, 0.15) is 46.9 Å². The Hall–Kier alpha value is -2.21. The fraction of sp³-hybridized carbons (Fsp3) is 0.526. The van der Waals surface area contributed by atoms with E-state index in [2.05, 4.69) is 17.1 Å². The maximum atomic E-state index is 12.2. The van der Waals surface area contributed by atoms with Crippen LogP contribution < -0.4 is 5.32 Å². The first-order valence-electron chi connectivity index (χ1n) is 9.00. The molecule has 0 aliphatic carbocycles. The number of piperidine rings is 1. The van der Waals surface area contributed by atoms with Gasteiger partial charge in [-0.25, -0.2) is 0 Å². The molecule has 2 aliphatic rings. The molecule has 1 saturated heterocycles. The zero-order chi connectivity index (χ0) is 17.8. The summed E-state index contributed by atoms with van der Waals surface area (Å²) in [5, 5.41) is 2.82. The van der Waals surface area contributed by atoms with E-state index in [0.717, 1.165) is 36.9 Å². The smallest absolute Gasteiger partial charge is 0.262 e. The van der Waals surface area contributed by atoms with Crippen LogP contribution in [-0.2, 0) is 4.79 Å². The second kappa shape index (κ2) is 7.78. The molecular formula is C19H25N3O3. The zero-order valence-electron chi connectivity index (χ0n) is 14.7. The van der Waals surface area contributed by atoms with Gasteiger partial charge in [0.05, 0.1) is 11.1 Å². The van der Waals surface area contributed by atoms with Gasteiger partial charge in [-0.15, -0.1) is 0 Å². The van der Waals surface area contributed by atoms with Crippen molar-refractivity contribution < 1.29 is 14.4 Å². The van der Waals surface area contributed by atoms with E-state index in [9.17, 15) is 14.4 Å². The lowest BCUT2D eigenvalue weighted by Gasteiger charge is -2.30. The molecule has 0 bridgehead atoms. The summed E-state index contributed by atoms with van der Waals surface area (Å²) in [6.45, 7) is 5.85. The van der Waals surface area contributed by atoms with Gasteiger partial charge in [0.15, 0.2) is 0 Å². The van der Waals surface area contributed by atoms with Crippen molar-refractivity contribution >= 4 is 17.7 Å². The summed E-state index contributed by atoms with van der Waals surface area (Å²) in [6.07, 6.45) is 3.42. The van der Waals surface area contributed by atoms with Crippen molar-refractivity contribution in [2.75, 3.05) is 32.7 Å². The highest BCUT2D eigenvalue weighted by Crippen LogP contribution is 2.21. The minimum Gasteiger partial charge on any atom is -0.354 e. The third kappa shape index (κ3) is 4.07. The number of hydrogen-bond donors (Lipinski definition) is 1. The molecule has 1 aromatic carbocycles. The van der Waals surface area contributed by atoms with Crippen molar-refractivity contribution in [2.45, 2.75) is 26.2 Å². The second-order valence-corrected chi connectivity index (χ2v) is 6.99. The lowest BCUT2D eigenvalue weighted by molar-refractivity contribution is -0.121. The van der Waals surface area contributed by atoms with Gasteiger partial charge in [-0.2, -0.15) is 0 Å². The van der Waals surface area contributed by atoms with Gasteiger partial charge in [-0.05, 0) is 50.4 Å². The molecule has 3 amide bonds. The van der Waals surface area contributed by atoms with Crippen molar-refractivity contribution in [3.8, 4) is 0 Å². The van der Waals surface area contributed by atoms with E-state index in [-0.39, 0.29) is 12.5 Å². The number of imide groups is 1. The predicted octanol–water partition coefficient (Wildman–Crippen LogP) is 1.52. The van der Waals surface area contributed by atoms with E-state index >= 15 is 0 Å². The maximum absolute atomic E-state index is 12.2. The molecule has 0 aromatic heterocycles. The number of benzene rings is 1. The lowest BCUT2D eigenvalue weighted by Crippen LogP contribution is -2.41. The van der Waals surface area contributed by atoms with Crippen LogP contribution in [0.4, 0.5) is 0 Å². The summed E-state index contributed by atoms with van der Waals surface area (Å²) < 4.78 is 0. The molecule has 1 N–H and O–H groups in total. The van der Waals surface area contributed by atoms with Crippen LogP contribution in [-0.4, -0.2) is 60.2 Å². The third-order valence-corrected chi connectivity index (χ3v) is 4.89. The van der Waals surface area contributed by atoms with Crippen molar-refractivity contribution in [3.63, 3.8) is 0 Å². The van der Waals surface area contributed by atoms with Gasteiger partial charge in [-0.3, -0.25) is 19.3 Å². The van der Waals surface area contributed by atoms with Gasteiger partial charge >= 0.3 is 0 Å². The van der Waals surface area contributed by atoms with Crippen LogP contribution >= 0.6 is 0 Å². The highest BCUT2D eigenvalue weighted by molar-refractivity contribution is 6.22. The Kier molecular flexibility index (Phi) is 5.48. The molecule has 1 unspecified atom stereocenters. The Morgan fingerprint density at radius 2 is 1.88 bits per heavy atom. The Labute approximate surface area is 148 Å². The second-order valence-electron chi connectivity index (χ2n) is 6.99. The number of carbonyl (C=O) groups excluding carboxylic acids is 3. The largest absolute Gasteiger partial charge is 0.354 e. The first-order chi connectivity index (χ1) is 12.1. The lowest BCUT2D eigenvalue weighted by atomic mass is 10.0. The first-order valence-corrected chi connectivity index (χ1v) is 9.00. The van der Waals surface area contributed by atoms with Crippen molar-refractivity contribution in [1.29, 1.82) is 0 Å². The summed E-state index contributed by atoms with van der Waals surface area (Å²) in [7, 11) is 0. The van der Waals surface area contributed by atoms with E-state index in [1.54, 1.807) is 24.3 Å². The molecule has 1 aromatic rings. The average Bonchev–Trinajstić information content (AvgIpc) is 2.84. The molecule has 6 heteroatoms. The van der Waals surface area contributed by atoms with Crippen LogP contribution in [0.25, 0.3) is 0 Å². The number of rotatable bonds is 6. The number of nitrogens with zero attached hydrogens (tertiary/aromatic N) is 2. The minimum absolute atomic E-state index is 0.215. The third-order valence-electron chi connectivity index (χ3n) is 4.89. The molecule has 1 fully saturated rings. The van der Waals surface area contributed by atoms with E-state index in [1.165, 1.54) is 12.8 Å². The van der Waals surface area contributed by atoms with Crippen molar-refractivity contribution in [3.05, 3.63) is 35.4 Å². The molecule has 1 atom stereocenters. The Balaban J connectivity index is 1.41. The summed E-state index contributed by atoms with van der Waals surface area (Å²) in [5.41, 5.74) is 0.749. The Bertz CT molecular complexity index is 639. The van der Waals surface area contributed by atoms with Crippen molar-refractivity contribution in [1.82, 2.24) is 15.1 Å². The van der Waals surface area contributed by atoms with Crippen LogP contribution in [0.15, 0.2) is 24.3 Å². The predicted molar refractivity (Wildman–Crippen MR) is 94.3 cm³/mol. The van der Waals surface area contributed by atoms with Gasteiger partial charge in [0, 0.05) is 13.1 Å². The number of hydrogen-bond acceptors (Lipinski definition) is 4. The minimum atomic E-state index is -0.391. The van der Waals surface area contributed by atoms with Gasteiger partial charge in [0.2, 0.25) is 5.91 Å². The van der Waals surface area contributed by atoms with Crippen molar-refractivity contribution in [2.24, 2.45) is 5.92 Å². The van der Waals surface area contributed by atoms with Gasteiger partial charge in [-0.1, -0.05) is 19.1 Å². The molecule has 2 aliphatic heterocycles. The van der Waals surface area contributed by atoms with E-state index in [4.69, 9.17) is 0 Å². The standard InChI is InChI=1S/C19H25N3O3/c1-14-6-4-10-21(12-14)11-5-9-20-17(23)13-22-18(24)15-7-2-3-8-16(15)19(22)25/h2-3,7-8,14H,4-6,9-13H2,1H3,(H,20,23). The molecular weight excluding hydrogens is 318 g/mol. The summed E-state index contributed by atoms with van der Waals surface area (Å²) >= 11 is 0. The number of amides is 3. The normalized spacial score (nSPS) is 20.7. The Morgan fingerprint density at radius 3 is 2.52 bits per heavy atom. The first kappa shape index (κ1) is 17.6. The summed E-state index contributed by atoms with van der Waals surface area (Å²) in [6, 6.07) is 6.67. The highest BCUT2D eigenvalue weighted by atomic mass is 16.2. The topological polar surface area (TPSA) is 69.7 Å². The van der Waals surface area contributed by atoms with E-state index in [1.807, 2.05) is 0 Å². The maximum Gasteiger partial charge on any atom is 0.262 e. The van der Waals surface area contributed by atoms with Crippen LogP contribution in [0.5, 0.6) is 0 Å². The SMILES string of the molecule is CC1CCCN(CCCNC(=O)CN2C(=O)c3ccccc3C2=O)C1. The molecule has 3 rings (SSSR count). The molecule has 25 heavy (non-hydrogen) atoms. The number of likely N-dealkylation sites (tertiary alicyclic amines) is 1. The average molecular weight is 343 g/mol. The fourth-order valence-corrected chi connectivity index (χ4v) is 3.60. The molecule has 0 saturated carbocycles. The van der Waals surface area contributed by atoms with Gasteiger partial charge in [0.1, 0.15) is 6.54 Å². The van der Waals surface area contributed by atoms with Crippen LogP contribution in [0, 0.1) is 5.92 Å². The fourth-order valence-electron chi connectivity index (χ4n) is 3.60.